The molecule has 2 fully saturated rings. The topological polar surface area (TPSA) is 64.4 Å². The highest BCUT2D eigenvalue weighted by Gasteiger charge is 2.41. The number of fused-ring (bicyclic) bond motifs is 1. The summed E-state index contributed by atoms with van der Waals surface area (Å²) in [5.74, 6) is 0.666. The first-order valence-corrected chi connectivity index (χ1v) is 7.79. The Labute approximate surface area is 128 Å². The molecule has 0 aromatic carbocycles. The average Bonchev–Trinajstić information content (AvgIpc) is 2.91. The third kappa shape index (κ3) is 3.29. The molecule has 3 N–H and O–H groups in total. The van der Waals surface area contributed by atoms with Gasteiger partial charge in [0.05, 0.1) is 11.5 Å². The fraction of sp³-hybridized carbons (Fsp3) is 0.933. The number of rotatable bonds is 5. The Morgan fingerprint density at radius 1 is 1.30 bits per heavy atom. The highest BCUT2D eigenvalue weighted by molar-refractivity contribution is 5.85. The quantitative estimate of drug-likeness (QED) is 0.819. The van der Waals surface area contributed by atoms with Crippen molar-refractivity contribution in [3.63, 3.8) is 0 Å². The zero-order valence-corrected chi connectivity index (χ0v) is 13.5. The van der Waals surface area contributed by atoms with Gasteiger partial charge in [-0.25, -0.2) is 0 Å². The first kappa shape index (κ1) is 17.7. The van der Waals surface area contributed by atoms with E-state index in [4.69, 9.17) is 10.5 Å². The van der Waals surface area contributed by atoms with E-state index >= 15 is 0 Å². The number of carbonyl (C=O) groups is 1. The van der Waals surface area contributed by atoms with Gasteiger partial charge in [0.1, 0.15) is 0 Å². The van der Waals surface area contributed by atoms with Gasteiger partial charge in [0.15, 0.2) is 0 Å². The van der Waals surface area contributed by atoms with E-state index in [-0.39, 0.29) is 29.8 Å². The van der Waals surface area contributed by atoms with Crippen LogP contribution in [0.4, 0.5) is 0 Å². The zero-order valence-electron chi connectivity index (χ0n) is 12.7. The molecule has 3 atom stereocenters. The Hall–Kier alpha value is -0.320. The summed E-state index contributed by atoms with van der Waals surface area (Å²) in [5, 5.41) is 3.29. The van der Waals surface area contributed by atoms with Crippen molar-refractivity contribution in [2.24, 2.45) is 17.1 Å². The summed E-state index contributed by atoms with van der Waals surface area (Å²) in [7, 11) is 0. The summed E-state index contributed by atoms with van der Waals surface area (Å²) in [6.07, 6.45) is 6.47. The maximum atomic E-state index is 12.6. The van der Waals surface area contributed by atoms with Crippen LogP contribution >= 0.6 is 12.4 Å². The minimum atomic E-state index is -0.383. The Balaban J connectivity index is 0.00000200. The van der Waals surface area contributed by atoms with E-state index in [0.29, 0.717) is 18.6 Å². The highest BCUT2D eigenvalue weighted by atomic mass is 35.5. The summed E-state index contributed by atoms with van der Waals surface area (Å²) < 4.78 is 5.76. The minimum Gasteiger partial charge on any atom is -0.378 e. The van der Waals surface area contributed by atoms with Crippen molar-refractivity contribution in [1.29, 1.82) is 0 Å². The van der Waals surface area contributed by atoms with Gasteiger partial charge in [-0.3, -0.25) is 4.79 Å². The molecule has 2 rings (SSSR count). The number of carbonyl (C=O) groups excluding carboxylic acids is 1. The van der Waals surface area contributed by atoms with Gasteiger partial charge in [-0.1, -0.05) is 13.8 Å². The third-order valence-electron chi connectivity index (χ3n) is 5.32. The van der Waals surface area contributed by atoms with Crippen LogP contribution in [0.5, 0.6) is 0 Å². The molecule has 1 saturated carbocycles. The number of nitrogens with one attached hydrogen (secondary N) is 1. The Morgan fingerprint density at radius 2 is 2.00 bits per heavy atom. The Morgan fingerprint density at radius 3 is 2.60 bits per heavy atom. The lowest BCUT2D eigenvalue weighted by atomic mass is 9.78. The fourth-order valence-electron chi connectivity index (χ4n) is 3.63. The minimum absolute atomic E-state index is 0. The van der Waals surface area contributed by atoms with E-state index in [1.165, 1.54) is 0 Å². The van der Waals surface area contributed by atoms with E-state index in [9.17, 15) is 4.79 Å². The van der Waals surface area contributed by atoms with Gasteiger partial charge < -0.3 is 15.8 Å². The molecular formula is C15H29ClN2O2. The van der Waals surface area contributed by atoms with Gasteiger partial charge >= 0.3 is 0 Å². The summed E-state index contributed by atoms with van der Waals surface area (Å²) in [5.41, 5.74) is 5.47. The van der Waals surface area contributed by atoms with Crippen molar-refractivity contribution >= 4 is 18.3 Å². The predicted molar refractivity (Wildman–Crippen MR) is 82.9 cm³/mol. The van der Waals surface area contributed by atoms with Crippen LogP contribution in [-0.2, 0) is 9.53 Å². The summed E-state index contributed by atoms with van der Waals surface area (Å²) in [4.78, 5) is 12.6. The molecule has 0 aromatic rings. The molecule has 118 valence electrons. The largest absolute Gasteiger partial charge is 0.378 e. The second-order valence-corrected chi connectivity index (χ2v) is 6.06. The lowest BCUT2D eigenvalue weighted by Gasteiger charge is -2.37. The molecule has 1 saturated heterocycles. The van der Waals surface area contributed by atoms with Gasteiger partial charge in [-0.05, 0) is 38.5 Å². The van der Waals surface area contributed by atoms with Crippen molar-refractivity contribution < 1.29 is 9.53 Å². The molecule has 0 spiro atoms. The number of amides is 1. The molecule has 5 heteroatoms. The van der Waals surface area contributed by atoms with Gasteiger partial charge in [0.25, 0.3) is 0 Å². The smallest absolute Gasteiger partial charge is 0.227 e. The first-order valence-electron chi connectivity index (χ1n) is 7.79. The van der Waals surface area contributed by atoms with Crippen LogP contribution in [0.25, 0.3) is 0 Å². The van der Waals surface area contributed by atoms with Crippen molar-refractivity contribution in [3.8, 4) is 0 Å². The molecular weight excluding hydrogens is 276 g/mol. The molecule has 0 aromatic heterocycles. The number of nitrogens with two attached hydrogens (primary N) is 1. The van der Waals surface area contributed by atoms with Crippen LogP contribution in [0.3, 0.4) is 0 Å². The standard InChI is InChI=1S/C15H28N2O2.ClH/c1-3-15(4-2,10-16)14(18)17-12-6-5-7-13-11(12)8-9-19-13;/h11-13H,3-10,16H2,1-2H3,(H,17,18);1H. The van der Waals surface area contributed by atoms with Crippen LogP contribution < -0.4 is 11.1 Å². The summed E-state index contributed by atoms with van der Waals surface area (Å²) in [6.45, 7) is 5.39. The van der Waals surface area contributed by atoms with Gasteiger partial charge in [-0.15, -0.1) is 12.4 Å². The maximum Gasteiger partial charge on any atom is 0.227 e. The Bertz CT molecular complexity index is 313. The fourth-order valence-corrected chi connectivity index (χ4v) is 3.63. The average molecular weight is 305 g/mol. The Kier molecular flexibility index (Phi) is 6.76. The molecule has 4 nitrogen and oxygen atoms in total. The third-order valence-corrected chi connectivity index (χ3v) is 5.32. The van der Waals surface area contributed by atoms with Crippen molar-refractivity contribution in [2.45, 2.75) is 64.5 Å². The van der Waals surface area contributed by atoms with Crippen LogP contribution in [0.1, 0.15) is 52.4 Å². The predicted octanol–water partition coefficient (Wildman–Crippen LogP) is 2.25. The number of ether oxygens (including phenoxy) is 1. The van der Waals surface area contributed by atoms with E-state index in [2.05, 4.69) is 19.2 Å². The normalized spacial score (nSPS) is 29.4. The lowest BCUT2D eigenvalue weighted by molar-refractivity contribution is -0.132. The van der Waals surface area contributed by atoms with Crippen LogP contribution in [-0.4, -0.2) is 31.2 Å². The molecule has 0 radical (unpaired) electrons. The van der Waals surface area contributed by atoms with Crippen LogP contribution in [0, 0.1) is 11.3 Å². The zero-order chi connectivity index (χ0) is 13.9. The molecule has 3 unspecified atom stereocenters. The second kappa shape index (κ2) is 7.62. The van der Waals surface area contributed by atoms with Crippen LogP contribution in [0.15, 0.2) is 0 Å². The van der Waals surface area contributed by atoms with Crippen LogP contribution in [0.2, 0.25) is 0 Å². The molecule has 1 aliphatic heterocycles. The van der Waals surface area contributed by atoms with Gasteiger partial charge in [-0.2, -0.15) is 0 Å². The first-order chi connectivity index (χ1) is 9.16. The van der Waals surface area contributed by atoms with Gasteiger partial charge in [0, 0.05) is 25.1 Å². The monoisotopic (exact) mass is 304 g/mol. The SMILES string of the molecule is CCC(CC)(CN)C(=O)NC1CCCC2OCCC12.Cl. The lowest BCUT2D eigenvalue weighted by Crippen LogP contribution is -2.52. The van der Waals surface area contributed by atoms with Crippen molar-refractivity contribution in [2.75, 3.05) is 13.2 Å². The van der Waals surface area contributed by atoms with E-state index in [1.807, 2.05) is 0 Å². The van der Waals surface area contributed by atoms with E-state index < -0.39 is 0 Å². The van der Waals surface area contributed by atoms with Crippen molar-refractivity contribution in [3.05, 3.63) is 0 Å². The van der Waals surface area contributed by atoms with E-state index in [0.717, 1.165) is 45.1 Å². The molecule has 1 heterocycles. The molecule has 20 heavy (non-hydrogen) atoms. The maximum absolute atomic E-state index is 12.6. The van der Waals surface area contributed by atoms with Crippen molar-refractivity contribution in [1.82, 2.24) is 5.32 Å². The summed E-state index contributed by atoms with van der Waals surface area (Å²) >= 11 is 0. The molecule has 2 aliphatic rings. The summed E-state index contributed by atoms with van der Waals surface area (Å²) in [6, 6.07) is 0.290. The van der Waals surface area contributed by atoms with E-state index in [1.54, 1.807) is 0 Å². The second-order valence-electron chi connectivity index (χ2n) is 6.06. The highest BCUT2D eigenvalue weighted by Crippen LogP contribution is 2.35. The van der Waals surface area contributed by atoms with Gasteiger partial charge in [0.2, 0.25) is 5.91 Å². The number of hydrogen-bond donors (Lipinski definition) is 2. The molecule has 1 amide bonds. The molecule has 1 aliphatic carbocycles. The number of halogens is 1. The number of hydrogen-bond acceptors (Lipinski definition) is 3. The molecule has 0 bridgehead atoms.